The molecule has 2 unspecified atom stereocenters. The average molecular weight is 228 g/mol. The second-order valence-corrected chi connectivity index (χ2v) is 4.86. The number of piperidine rings is 1. The molecule has 82 valence electrons. The van der Waals surface area contributed by atoms with Crippen LogP contribution in [0, 0.1) is 0 Å². The monoisotopic (exact) mass is 227 g/mol. The lowest BCUT2D eigenvalue weighted by Gasteiger charge is -2.37. The van der Waals surface area contributed by atoms with Gasteiger partial charge in [-0.1, -0.05) is 0 Å². The third kappa shape index (κ3) is 2.16. The van der Waals surface area contributed by atoms with E-state index in [1.807, 2.05) is 0 Å². The van der Waals surface area contributed by atoms with Gasteiger partial charge in [-0.2, -0.15) is 13.2 Å². The van der Waals surface area contributed by atoms with Gasteiger partial charge in [0.1, 0.15) is 0 Å². The minimum absolute atomic E-state index is 0.0675. The maximum Gasteiger partial charge on any atom is 0.401 e. The van der Waals surface area contributed by atoms with Crippen molar-refractivity contribution in [2.45, 2.75) is 49.3 Å². The summed E-state index contributed by atoms with van der Waals surface area (Å²) in [5, 5.41) is 0.0805. The molecule has 2 atom stereocenters. The third-order valence-electron chi connectivity index (χ3n) is 3.19. The van der Waals surface area contributed by atoms with E-state index in [-0.39, 0.29) is 17.5 Å². The maximum atomic E-state index is 12.2. The highest BCUT2D eigenvalue weighted by atomic mass is 35.5. The first kappa shape index (κ1) is 10.6. The molecule has 0 spiro atoms. The molecule has 0 amide bonds. The lowest BCUT2D eigenvalue weighted by Crippen LogP contribution is -2.47. The number of halogens is 4. The molecule has 5 heteroatoms. The molecule has 2 rings (SSSR count). The first-order valence-corrected chi connectivity index (χ1v) is 5.36. The molecule has 0 aliphatic carbocycles. The minimum Gasteiger partial charge on any atom is -0.289 e. The molecule has 0 aromatic carbocycles. The molecule has 2 fully saturated rings. The standard InChI is InChI=1S/C9H13ClF3N/c10-6-3-7-1-2-8(4-6)14(7)5-9(11,12)13/h6-8H,1-5H2. The number of hydrogen-bond acceptors (Lipinski definition) is 1. The predicted molar refractivity (Wildman–Crippen MR) is 48.4 cm³/mol. The molecule has 0 aromatic heterocycles. The van der Waals surface area contributed by atoms with Gasteiger partial charge in [-0.3, -0.25) is 4.90 Å². The van der Waals surface area contributed by atoms with Crippen LogP contribution in [0.3, 0.4) is 0 Å². The molecule has 0 radical (unpaired) electrons. The number of fused-ring (bicyclic) bond motifs is 2. The van der Waals surface area contributed by atoms with Crippen molar-refractivity contribution in [1.82, 2.24) is 4.90 Å². The zero-order valence-corrected chi connectivity index (χ0v) is 8.48. The molecule has 2 aliphatic rings. The second kappa shape index (κ2) is 3.56. The van der Waals surface area contributed by atoms with E-state index >= 15 is 0 Å². The fraction of sp³-hybridized carbons (Fsp3) is 1.00. The highest BCUT2D eigenvalue weighted by Crippen LogP contribution is 2.39. The van der Waals surface area contributed by atoms with Gasteiger partial charge in [0.2, 0.25) is 0 Å². The van der Waals surface area contributed by atoms with Crippen molar-refractivity contribution >= 4 is 11.6 Å². The Morgan fingerprint density at radius 3 is 2.07 bits per heavy atom. The Balaban J connectivity index is 2.01. The Kier molecular flexibility index (Phi) is 2.68. The second-order valence-electron chi connectivity index (χ2n) is 4.24. The van der Waals surface area contributed by atoms with Crippen LogP contribution in [0.2, 0.25) is 0 Å². The normalized spacial score (nSPS) is 39.0. The van der Waals surface area contributed by atoms with Crippen LogP contribution in [0.15, 0.2) is 0 Å². The molecule has 0 N–H and O–H groups in total. The van der Waals surface area contributed by atoms with Crippen molar-refractivity contribution in [2.24, 2.45) is 0 Å². The van der Waals surface area contributed by atoms with E-state index < -0.39 is 12.7 Å². The van der Waals surface area contributed by atoms with Gasteiger partial charge >= 0.3 is 6.18 Å². The van der Waals surface area contributed by atoms with Crippen LogP contribution in [0.4, 0.5) is 13.2 Å². The van der Waals surface area contributed by atoms with E-state index in [1.165, 1.54) is 0 Å². The van der Waals surface area contributed by atoms with Crippen LogP contribution in [-0.2, 0) is 0 Å². The number of hydrogen-bond donors (Lipinski definition) is 0. The van der Waals surface area contributed by atoms with Gasteiger partial charge in [-0.05, 0) is 25.7 Å². The molecule has 2 saturated heterocycles. The fourth-order valence-electron chi connectivity index (χ4n) is 2.67. The van der Waals surface area contributed by atoms with Gasteiger partial charge in [-0.15, -0.1) is 11.6 Å². The summed E-state index contributed by atoms with van der Waals surface area (Å²) >= 11 is 5.97. The Morgan fingerprint density at radius 1 is 1.14 bits per heavy atom. The lowest BCUT2D eigenvalue weighted by atomic mass is 10.0. The van der Waals surface area contributed by atoms with E-state index in [9.17, 15) is 13.2 Å². The Bertz CT molecular complexity index is 205. The predicted octanol–water partition coefficient (Wildman–Crippen LogP) is 2.78. The lowest BCUT2D eigenvalue weighted by molar-refractivity contribution is -0.154. The molecule has 2 heterocycles. The smallest absolute Gasteiger partial charge is 0.289 e. The highest BCUT2D eigenvalue weighted by Gasteiger charge is 2.44. The van der Waals surface area contributed by atoms with E-state index in [4.69, 9.17) is 11.6 Å². The van der Waals surface area contributed by atoms with Crippen molar-refractivity contribution in [3.8, 4) is 0 Å². The molecule has 0 aromatic rings. The quantitative estimate of drug-likeness (QED) is 0.623. The molecule has 1 nitrogen and oxygen atoms in total. The Labute approximate surface area is 86.2 Å². The van der Waals surface area contributed by atoms with Crippen LogP contribution in [0.5, 0.6) is 0 Å². The summed E-state index contributed by atoms with van der Waals surface area (Å²) in [6.07, 6.45) is -0.879. The molecular weight excluding hydrogens is 215 g/mol. The first-order chi connectivity index (χ1) is 6.46. The van der Waals surface area contributed by atoms with E-state index in [1.54, 1.807) is 4.90 Å². The summed E-state index contributed by atoms with van der Waals surface area (Å²) < 4.78 is 36.7. The molecule has 14 heavy (non-hydrogen) atoms. The summed E-state index contributed by atoms with van der Waals surface area (Å²) in [7, 11) is 0. The molecular formula is C9H13ClF3N. The zero-order chi connectivity index (χ0) is 10.3. The number of nitrogens with zero attached hydrogens (tertiary/aromatic N) is 1. The summed E-state index contributed by atoms with van der Waals surface area (Å²) in [5.74, 6) is 0. The van der Waals surface area contributed by atoms with Gasteiger partial charge in [-0.25, -0.2) is 0 Å². The Hall–Kier alpha value is 0.0400. The molecule has 2 bridgehead atoms. The minimum atomic E-state index is -4.07. The van der Waals surface area contributed by atoms with Gasteiger partial charge in [0, 0.05) is 17.5 Å². The maximum absolute atomic E-state index is 12.2. The van der Waals surface area contributed by atoms with Crippen molar-refractivity contribution in [3.63, 3.8) is 0 Å². The van der Waals surface area contributed by atoms with Crippen molar-refractivity contribution in [3.05, 3.63) is 0 Å². The average Bonchev–Trinajstić information content (AvgIpc) is 2.31. The van der Waals surface area contributed by atoms with Crippen LogP contribution in [-0.4, -0.2) is 35.1 Å². The third-order valence-corrected chi connectivity index (χ3v) is 3.55. The van der Waals surface area contributed by atoms with Crippen LogP contribution in [0.25, 0.3) is 0 Å². The van der Waals surface area contributed by atoms with Crippen LogP contribution >= 0.6 is 11.6 Å². The van der Waals surface area contributed by atoms with Gasteiger partial charge < -0.3 is 0 Å². The summed E-state index contributed by atoms with van der Waals surface area (Å²) in [4.78, 5) is 1.60. The van der Waals surface area contributed by atoms with Crippen LogP contribution < -0.4 is 0 Å². The summed E-state index contributed by atoms with van der Waals surface area (Å²) in [6, 6.07) is 0.135. The van der Waals surface area contributed by atoms with E-state index in [2.05, 4.69) is 0 Å². The SMILES string of the molecule is FC(F)(F)CN1C2CCC1CC(Cl)C2. The molecule has 0 saturated carbocycles. The first-order valence-electron chi connectivity index (χ1n) is 4.92. The highest BCUT2D eigenvalue weighted by molar-refractivity contribution is 6.20. The summed E-state index contributed by atoms with van der Waals surface area (Å²) in [6.45, 7) is -0.758. The van der Waals surface area contributed by atoms with Crippen molar-refractivity contribution in [1.29, 1.82) is 0 Å². The topological polar surface area (TPSA) is 3.24 Å². The van der Waals surface area contributed by atoms with Gasteiger partial charge in [0.15, 0.2) is 0 Å². The van der Waals surface area contributed by atoms with E-state index in [0.717, 1.165) is 12.8 Å². The van der Waals surface area contributed by atoms with Gasteiger partial charge in [0.05, 0.1) is 6.54 Å². The largest absolute Gasteiger partial charge is 0.401 e. The van der Waals surface area contributed by atoms with Crippen molar-refractivity contribution < 1.29 is 13.2 Å². The summed E-state index contributed by atoms with van der Waals surface area (Å²) in [5.41, 5.74) is 0. The van der Waals surface area contributed by atoms with Gasteiger partial charge in [0.25, 0.3) is 0 Å². The van der Waals surface area contributed by atoms with Crippen LogP contribution in [0.1, 0.15) is 25.7 Å². The van der Waals surface area contributed by atoms with Crippen molar-refractivity contribution in [2.75, 3.05) is 6.54 Å². The number of alkyl halides is 4. The van der Waals surface area contributed by atoms with E-state index in [0.29, 0.717) is 12.8 Å². The zero-order valence-electron chi connectivity index (χ0n) is 7.73. The molecule has 2 aliphatic heterocycles. The fourth-order valence-corrected chi connectivity index (χ4v) is 3.08. The number of rotatable bonds is 1. The Morgan fingerprint density at radius 2 is 1.64 bits per heavy atom.